The quantitative estimate of drug-likeness (QED) is 0.180. The van der Waals surface area contributed by atoms with Crippen LogP contribution in [-0.2, 0) is 16.1 Å². The van der Waals surface area contributed by atoms with Gasteiger partial charge in [-0.3, -0.25) is 4.79 Å². The minimum Gasteiger partial charge on any atom is -0.508 e. The van der Waals surface area contributed by atoms with Crippen molar-refractivity contribution in [3.05, 3.63) is 125 Å². The molecule has 5 aromatic rings. The van der Waals surface area contributed by atoms with Crippen LogP contribution in [0.1, 0.15) is 46.4 Å². The lowest BCUT2D eigenvalue weighted by Gasteiger charge is -2.41. The highest BCUT2D eigenvalue weighted by molar-refractivity contribution is 7.99. The Morgan fingerprint density at radius 1 is 0.909 bits per heavy atom. The molecular formula is C33H31N5O5S. The Balaban J connectivity index is 1.21. The van der Waals surface area contributed by atoms with Gasteiger partial charge in [-0.15, -0.1) is 5.10 Å². The first-order chi connectivity index (χ1) is 21.5. The number of ether oxygens (including phenoxy) is 2. The first-order valence-electron chi connectivity index (χ1n) is 14.2. The number of carbonyl (C=O) groups is 1. The second-order valence-corrected chi connectivity index (χ2v) is 11.5. The van der Waals surface area contributed by atoms with E-state index in [4.69, 9.17) is 9.47 Å². The Hall–Kier alpha value is -4.55. The standard InChI is InChI=1S/C33H31N5O5S/c1-21-29(20-44-33-35-36-37-38(33)27-15-17-28(40)18-16-27)42-32(43-30(21)23-9-7-22(19-39)8-10-23)25-11-13-26(14-12-25)34-31(41)24-5-3-2-4-6-24/h2-18,21,29-30,32,39-40H,19-20H2,1H3,(H,34,41). The van der Waals surface area contributed by atoms with Crippen molar-refractivity contribution >= 4 is 23.4 Å². The number of phenolic OH excluding ortho intramolecular Hbond substituents is 1. The number of hydrogen-bond acceptors (Lipinski definition) is 9. The Kier molecular flexibility index (Phi) is 8.99. The van der Waals surface area contributed by atoms with Crippen LogP contribution in [0.5, 0.6) is 5.75 Å². The molecule has 3 N–H and O–H groups in total. The molecule has 10 nitrogen and oxygen atoms in total. The average molecular weight is 610 g/mol. The molecule has 11 heteroatoms. The molecule has 4 atom stereocenters. The van der Waals surface area contributed by atoms with Gasteiger partial charge in [-0.05, 0) is 70.1 Å². The number of thioether (sulfide) groups is 1. The van der Waals surface area contributed by atoms with Crippen LogP contribution < -0.4 is 5.32 Å². The molecule has 6 rings (SSSR count). The van der Waals surface area contributed by atoms with Gasteiger partial charge in [0.25, 0.3) is 5.91 Å². The Morgan fingerprint density at radius 2 is 1.61 bits per heavy atom. The summed E-state index contributed by atoms with van der Waals surface area (Å²) in [6.45, 7) is 2.06. The minimum absolute atomic E-state index is 0.0267. The monoisotopic (exact) mass is 609 g/mol. The van der Waals surface area contributed by atoms with E-state index in [0.717, 1.165) is 22.4 Å². The van der Waals surface area contributed by atoms with Gasteiger partial charge in [0.15, 0.2) is 6.29 Å². The number of benzene rings is 4. The summed E-state index contributed by atoms with van der Waals surface area (Å²) in [4.78, 5) is 12.6. The van der Waals surface area contributed by atoms with Crippen LogP contribution in [0.25, 0.3) is 5.69 Å². The van der Waals surface area contributed by atoms with E-state index in [1.807, 2.05) is 66.7 Å². The highest BCUT2D eigenvalue weighted by atomic mass is 32.2. The molecule has 0 saturated carbocycles. The lowest BCUT2D eigenvalue weighted by Crippen LogP contribution is -2.38. The van der Waals surface area contributed by atoms with Gasteiger partial charge in [0.1, 0.15) is 5.75 Å². The van der Waals surface area contributed by atoms with Gasteiger partial charge in [-0.1, -0.05) is 73.3 Å². The molecule has 4 unspecified atom stereocenters. The molecule has 0 aliphatic carbocycles. The molecule has 1 amide bonds. The van der Waals surface area contributed by atoms with Crippen LogP contribution >= 0.6 is 11.8 Å². The van der Waals surface area contributed by atoms with Gasteiger partial charge in [-0.25, -0.2) is 0 Å². The van der Waals surface area contributed by atoms with Gasteiger partial charge in [0, 0.05) is 28.5 Å². The number of aliphatic hydroxyl groups excluding tert-OH is 1. The zero-order valence-corrected chi connectivity index (χ0v) is 24.7. The number of anilines is 1. The summed E-state index contributed by atoms with van der Waals surface area (Å²) in [6.07, 6.45) is -1.17. The molecule has 0 spiro atoms. The van der Waals surface area contributed by atoms with Gasteiger partial charge in [-0.2, -0.15) is 4.68 Å². The number of hydrogen-bond donors (Lipinski definition) is 3. The number of phenols is 1. The smallest absolute Gasteiger partial charge is 0.255 e. The van der Waals surface area contributed by atoms with Crippen molar-refractivity contribution in [1.29, 1.82) is 0 Å². The summed E-state index contributed by atoms with van der Waals surface area (Å²) < 4.78 is 14.7. The number of aromatic hydroxyl groups is 1. The summed E-state index contributed by atoms with van der Waals surface area (Å²) in [5, 5.41) is 34.9. The highest BCUT2D eigenvalue weighted by Gasteiger charge is 2.38. The van der Waals surface area contributed by atoms with Gasteiger partial charge < -0.3 is 25.0 Å². The van der Waals surface area contributed by atoms with E-state index in [0.29, 0.717) is 22.2 Å². The molecule has 0 radical (unpaired) electrons. The predicted octanol–water partition coefficient (Wildman–Crippen LogP) is 5.70. The number of aliphatic hydroxyl groups is 1. The SMILES string of the molecule is CC1C(CSc2nnnn2-c2ccc(O)cc2)OC(c2ccc(NC(=O)c3ccccc3)cc2)OC1c1ccc(CO)cc1. The number of aromatic nitrogens is 4. The molecule has 4 aromatic carbocycles. The van der Waals surface area contributed by atoms with Crippen LogP contribution in [0.2, 0.25) is 0 Å². The average Bonchev–Trinajstić information content (AvgIpc) is 3.54. The van der Waals surface area contributed by atoms with E-state index in [1.54, 1.807) is 41.1 Å². The fourth-order valence-electron chi connectivity index (χ4n) is 5.01. The van der Waals surface area contributed by atoms with Crippen molar-refractivity contribution in [1.82, 2.24) is 20.2 Å². The second kappa shape index (κ2) is 13.4. The number of nitrogens with one attached hydrogen (secondary N) is 1. The van der Waals surface area contributed by atoms with Crippen molar-refractivity contribution in [3.63, 3.8) is 0 Å². The van der Waals surface area contributed by atoms with Crippen molar-refractivity contribution in [2.45, 2.75) is 37.2 Å². The number of amides is 1. The largest absolute Gasteiger partial charge is 0.508 e. The van der Waals surface area contributed by atoms with E-state index in [-0.39, 0.29) is 36.4 Å². The molecule has 224 valence electrons. The summed E-state index contributed by atoms with van der Waals surface area (Å²) >= 11 is 1.47. The second-order valence-electron chi connectivity index (χ2n) is 10.5. The van der Waals surface area contributed by atoms with Crippen LogP contribution in [0, 0.1) is 5.92 Å². The summed E-state index contributed by atoms with van der Waals surface area (Å²) in [6, 6.07) is 30.9. The minimum atomic E-state index is -0.661. The maximum atomic E-state index is 12.6. The first-order valence-corrected chi connectivity index (χ1v) is 15.1. The van der Waals surface area contributed by atoms with Crippen molar-refractivity contribution in [3.8, 4) is 11.4 Å². The molecule has 44 heavy (non-hydrogen) atoms. The molecule has 1 aliphatic heterocycles. The topological polar surface area (TPSA) is 132 Å². The molecule has 1 fully saturated rings. The lowest BCUT2D eigenvalue weighted by atomic mass is 9.91. The summed E-state index contributed by atoms with van der Waals surface area (Å²) in [5.41, 5.74) is 4.60. The third-order valence-corrected chi connectivity index (χ3v) is 8.52. The molecule has 1 aliphatic rings. The fraction of sp³-hybridized carbons (Fsp3) is 0.212. The van der Waals surface area contributed by atoms with Crippen LogP contribution in [0.3, 0.4) is 0 Å². The normalized spacial score (nSPS) is 19.9. The number of carbonyl (C=O) groups excluding carboxylic acids is 1. The maximum absolute atomic E-state index is 12.6. The molecule has 1 saturated heterocycles. The molecule has 1 aromatic heterocycles. The number of tetrazole rings is 1. The highest BCUT2D eigenvalue weighted by Crippen LogP contribution is 2.43. The van der Waals surface area contributed by atoms with E-state index in [1.165, 1.54) is 11.8 Å². The molecule has 0 bridgehead atoms. The van der Waals surface area contributed by atoms with Gasteiger partial charge in [0.2, 0.25) is 5.16 Å². The Bertz CT molecular complexity index is 1680. The zero-order valence-electron chi connectivity index (χ0n) is 23.9. The van der Waals surface area contributed by atoms with Gasteiger partial charge in [0.05, 0.1) is 24.5 Å². The lowest BCUT2D eigenvalue weighted by molar-refractivity contribution is -0.268. The first kappa shape index (κ1) is 29.5. The number of nitrogens with zero attached hydrogens (tertiary/aromatic N) is 4. The third kappa shape index (κ3) is 6.66. The van der Waals surface area contributed by atoms with Crippen LogP contribution in [-0.4, -0.2) is 48.2 Å². The van der Waals surface area contributed by atoms with E-state index in [2.05, 4.69) is 27.8 Å². The van der Waals surface area contributed by atoms with Crippen molar-refractivity contribution in [2.24, 2.45) is 5.92 Å². The van der Waals surface area contributed by atoms with Crippen LogP contribution in [0.4, 0.5) is 5.69 Å². The maximum Gasteiger partial charge on any atom is 0.255 e. The molecule has 2 heterocycles. The van der Waals surface area contributed by atoms with Crippen molar-refractivity contribution in [2.75, 3.05) is 11.1 Å². The summed E-state index contributed by atoms with van der Waals surface area (Å²) in [5.74, 6) is 0.503. The third-order valence-electron chi connectivity index (χ3n) is 7.51. The fourth-order valence-corrected chi connectivity index (χ4v) is 6.06. The van der Waals surface area contributed by atoms with Crippen LogP contribution in [0.15, 0.2) is 108 Å². The predicted molar refractivity (Wildman–Crippen MR) is 165 cm³/mol. The molecular weight excluding hydrogens is 578 g/mol. The van der Waals surface area contributed by atoms with Gasteiger partial charge >= 0.3 is 0 Å². The Morgan fingerprint density at radius 3 is 2.32 bits per heavy atom. The van der Waals surface area contributed by atoms with E-state index >= 15 is 0 Å². The van der Waals surface area contributed by atoms with E-state index < -0.39 is 6.29 Å². The Labute approximate surface area is 258 Å². The number of rotatable bonds is 9. The van der Waals surface area contributed by atoms with Crippen molar-refractivity contribution < 1.29 is 24.5 Å². The zero-order chi connectivity index (χ0) is 30.5. The van der Waals surface area contributed by atoms with E-state index in [9.17, 15) is 15.0 Å². The summed E-state index contributed by atoms with van der Waals surface area (Å²) in [7, 11) is 0.